The number of hydrogen-bond donors (Lipinski definition) is 2. The van der Waals surface area contributed by atoms with Crippen molar-refractivity contribution >= 4 is 53.8 Å². The number of ether oxygens (including phenoxy) is 1. The second kappa shape index (κ2) is 9.61. The summed E-state index contributed by atoms with van der Waals surface area (Å²) in [5.41, 5.74) is 1.52. The van der Waals surface area contributed by atoms with E-state index in [1.54, 1.807) is 24.3 Å². The van der Waals surface area contributed by atoms with Gasteiger partial charge in [0.15, 0.2) is 29.1 Å². The van der Waals surface area contributed by atoms with Gasteiger partial charge in [-0.15, -0.1) is 0 Å². The van der Waals surface area contributed by atoms with E-state index in [0.29, 0.717) is 39.4 Å². The molecule has 3 heterocycles. The van der Waals surface area contributed by atoms with Crippen LogP contribution in [0.25, 0.3) is 11.2 Å². The number of benzene rings is 1. The molecule has 9 nitrogen and oxygen atoms in total. The van der Waals surface area contributed by atoms with Gasteiger partial charge in [-0.05, 0) is 30.3 Å². The number of carbonyl (C=O) groups excluding carboxylic acids is 1. The molecule has 0 bridgehead atoms. The minimum Gasteiger partial charge on any atom is -0.414 e. The van der Waals surface area contributed by atoms with E-state index >= 15 is 0 Å². The number of imidazole rings is 1. The van der Waals surface area contributed by atoms with Gasteiger partial charge in [-0.3, -0.25) is 9.36 Å². The van der Waals surface area contributed by atoms with E-state index < -0.39 is 26.8 Å². The number of carbonyl (C=O) groups is 1. The Morgan fingerprint density at radius 3 is 2.68 bits per heavy atom. The Balaban J connectivity index is 1.54. The summed E-state index contributed by atoms with van der Waals surface area (Å²) in [7, 11) is -1.97. The number of rotatable bonds is 6. The van der Waals surface area contributed by atoms with E-state index in [1.807, 2.05) is 10.6 Å². The number of aliphatic hydroxyl groups excluding tert-OH is 1. The molecule has 2 N–H and O–H groups in total. The van der Waals surface area contributed by atoms with Crippen LogP contribution in [-0.2, 0) is 9.16 Å². The molecule has 0 unspecified atom stereocenters. The van der Waals surface area contributed by atoms with Crippen molar-refractivity contribution in [1.82, 2.24) is 19.5 Å². The maximum Gasteiger partial charge on any atom is 0.256 e. The Hall–Kier alpha value is -1.93. The number of fused-ring (bicyclic) bond motifs is 1. The van der Waals surface area contributed by atoms with Crippen molar-refractivity contribution in [2.45, 2.75) is 63.8 Å². The molecule has 11 heteroatoms. The lowest BCUT2D eigenvalue weighted by Crippen LogP contribution is -2.43. The number of nitrogens with zero attached hydrogens (tertiary/aromatic N) is 4. The van der Waals surface area contributed by atoms with Gasteiger partial charge in [0.25, 0.3) is 5.91 Å². The molecule has 4 rings (SSSR count). The summed E-state index contributed by atoms with van der Waals surface area (Å²) in [5, 5.41) is 13.6. The number of nitrogens with one attached hydrogen (secondary N) is 1. The minimum atomic E-state index is -1.97. The maximum absolute atomic E-state index is 12.6. The van der Waals surface area contributed by atoms with Gasteiger partial charge in [0, 0.05) is 34.6 Å². The van der Waals surface area contributed by atoms with Crippen LogP contribution in [0.3, 0.4) is 0 Å². The van der Waals surface area contributed by atoms with Gasteiger partial charge in [-0.2, -0.15) is 0 Å². The number of aliphatic hydroxyl groups is 1. The number of hydrogen-bond acceptors (Lipinski definition) is 7. The Bertz CT molecular complexity index is 1180. The van der Waals surface area contributed by atoms with Crippen LogP contribution in [0.5, 0.6) is 0 Å². The summed E-state index contributed by atoms with van der Waals surface area (Å²) in [4.78, 5) is 25.9. The fraction of sp³-hybridized carbons (Fsp3) is 0.478. The van der Waals surface area contributed by atoms with Crippen LogP contribution in [0.2, 0.25) is 18.1 Å². The number of anilines is 1. The summed E-state index contributed by atoms with van der Waals surface area (Å²) in [6.07, 6.45) is 0.227. The lowest BCUT2D eigenvalue weighted by atomic mass is 10.2. The van der Waals surface area contributed by atoms with Crippen molar-refractivity contribution in [2.24, 2.45) is 0 Å². The molecule has 0 radical (unpaired) electrons. The van der Waals surface area contributed by atoms with E-state index in [-0.39, 0.29) is 10.9 Å². The van der Waals surface area contributed by atoms with Crippen LogP contribution in [0, 0.1) is 3.83 Å². The third kappa shape index (κ3) is 5.03. The molecule has 1 amide bonds. The third-order valence-electron chi connectivity index (χ3n) is 6.61. The van der Waals surface area contributed by atoms with Crippen LogP contribution >= 0.6 is 22.6 Å². The molecular weight excluding hydrogens is 565 g/mol. The Morgan fingerprint density at radius 1 is 1.29 bits per heavy atom. The van der Waals surface area contributed by atoms with Crippen LogP contribution in [0.4, 0.5) is 5.82 Å². The van der Waals surface area contributed by atoms with E-state index in [2.05, 4.69) is 76.7 Å². The summed E-state index contributed by atoms with van der Waals surface area (Å²) in [5.74, 6) is 0.0485. The zero-order valence-electron chi connectivity index (χ0n) is 19.9. The summed E-state index contributed by atoms with van der Waals surface area (Å²) in [6, 6.07) is 8.92. The number of aromatic nitrogens is 4. The van der Waals surface area contributed by atoms with Gasteiger partial charge < -0.3 is 19.6 Å². The molecule has 1 aromatic carbocycles. The molecule has 3 aromatic rings. The molecule has 1 saturated heterocycles. The minimum absolute atomic E-state index is 0.0728. The second-order valence-electron chi connectivity index (χ2n) is 9.97. The SMILES string of the molecule is CC(C)(C)[Si](C)(C)OC[C@@H]1O[C@H](n2c(I)nc3c(NC(=O)c4ccccc4)ncnc32)C[C@@H]1O. The van der Waals surface area contributed by atoms with Gasteiger partial charge in [0.05, 0.1) is 12.7 Å². The molecule has 0 saturated carbocycles. The largest absolute Gasteiger partial charge is 0.414 e. The smallest absolute Gasteiger partial charge is 0.256 e. The molecular formula is C23H30IN5O4Si. The Labute approximate surface area is 213 Å². The Morgan fingerprint density at radius 2 is 2.00 bits per heavy atom. The molecule has 1 fully saturated rings. The van der Waals surface area contributed by atoms with Gasteiger partial charge in [-0.1, -0.05) is 39.0 Å². The van der Waals surface area contributed by atoms with Crippen molar-refractivity contribution in [3.63, 3.8) is 0 Å². The summed E-state index contributed by atoms with van der Waals surface area (Å²) >= 11 is 2.11. The number of halogens is 1. The van der Waals surface area contributed by atoms with Gasteiger partial charge in [-0.25, -0.2) is 15.0 Å². The van der Waals surface area contributed by atoms with E-state index in [9.17, 15) is 9.90 Å². The lowest BCUT2D eigenvalue weighted by molar-refractivity contribution is -0.0413. The zero-order chi connectivity index (χ0) is 24.7. The van der Waals surface area contributed by atoms with Crippen LogP contribution in [0.1, 0.15) is 43.8 Å². The third-order valence-corrected chi connectivity index (χ3v) is 11.9. The van der Waals surface area contributed by atoms with Crippen molar-refractivity contribution in [3.8, 4) is 0 Å². The highest BCUT2D eigenvalue weighted by atomic mass is 127. The Kier molecular flexibility index (Phi) is 7.11. The molecule has 2 aromatic heterocycles. The van der Waals surface area contributed by atoms with Gasteiger partial charge in [0.2, 0.25) is 0 Å². The van der Waals surface area contributed by atoms with Crippen LogP contribution < -0.4 is 5.32 Å². The van der Waals surface area contributed by atoms with E-state index in [0.717, 1.165) is 0 Å². The van der Waals surface area contributed by atoms with Crippen molar-refractivity contribution < 1.29 is 19.1 Å². The van der Waals surface area contributed by atoms with E-state index in [4.69, 9.17) is 9.16 Å². The first-order valence-corrected chi connectivity index (χ1v) is 15.2. The van der Waals surface area contributed by atoms with Gasteiger partial charge >= 0.3 is 0 Å². The molecule has 3 atom stereocenters. The average molecular weight is 596 g/mol. The maximum atomic E-state index is 12.6. The molecule has 182 valence electrons. The standard InChI is InChI=1S/C23H30IN5O4Si/c1-23(2,3)34(4,5)32-12-16-15(30)11-17(33-16)29-20-18(27-22(29)24)19(25-13-26-20)28-21(31)14-9-7-6-8-10-14/h6-10,13,15-17,30H,11-12H2,1-5H3,(H,25,26,28,31)/t15-,16-,17-/m0/s1. The van der Waals surface area contributed by atoms with Crippen LogP contribution in [0.15, 0.2) is 36.7 Å². The monoisotopic (exact) mass is 595 g/mol. The molecule has 1 aliphatic heterocycles. The first kappa shape index (κ1) is 25.2. The van der Waals surface area contributed by atoms with Gasteiger partial charge in [0.1, 0.15) is 18.7 Å². The normalized spacial score (nSPS) is 21.2. The average Bonchev–Trinajstić information content (AvgIpc) is 3.31. The first-order chi connectivity index (χ1) is 16.0. The first-order valence-electron chi connectivity index (χ1n) is 11.2. The molecule has 1 aliphatic rings. The van der Waals surface area contributed by atoms with E-state index in [1.165, 1.54) is 6.33 Å². The second-order valence-corrected chi connectivity index (χ2v) is 15.7. The van der Waals surface area contributed by atoms with Crippen molar-refractivity contribution in [2.75, 3.05) is 11.9 Å². The molecule has 34 heavy (non-hydrogen) atoms. The zero-order valence-corrected chi connectivity index (χ0v) is 23.1. The quantitative estimate of drug-likeness (QED) is 0.248. The highest BCUT2D eigenvalue weighted by Crippen LogP contribution is 2.38. The van der Waals surface area contributed by atoms with Crippen molar-refractivity contribution in [3.05, 3.63) is 46.1 Å². The van der Waals surface area contributed by atoms with Crippen LogP contribution in [-0.4, -0.2) is 57.7 Å². The predicted molar refractivity (Wildman–Crippen MR) is 140 cm³/mol. The summed E-state index contributed by atoms with van der Waals surface area (Å²) in [6.45, 7) is 11.2. The highest BCUT2D eigenvalue weighted by Gasteiger charge is 2.41. The number of amides is 1. The lowest BCUT2D eigenvalue weighted by Gasteiger charge is -2.37. The predicted octanol–water partition coefficient (Wildman–Crippen LogP) is 4.35. The van der Waals surface area contributed by atoms with Crippen molar-refractivity contribution in [1.29, 1.82) is 0 Å². The molecule has 0 aliphatic carbocycles. The highest BCUT2D eigenvalue weighted by molar-refractivity contribution is 14.1. The summed E-state index contributed by atoms with van der Waals surface area (Å²) < 4.78 is 15.0. The fourth-order valence-electron chi connectivity index (χ4n) is 3.53. The topological polar surface area (TPSA) is 111 Å². The fourth-order valence-corrected chi connectivity index (χ4v) is 5.32. The molecule has 0 spiro atoms.